The molecule has 4 heteroatoms. The van der Waals surface area contributed by atoms with Gasteiger partial charge >= 0.3 is 0 Å². The molecule has 4 nitrogen and oxygen atoms in total. The van der Waals surface area contributed by atoms with Gasteiger partial charge in [-0.2, -0.15) is 0 Å². The van der Waals surface area contributed by atoms with Crippen LogP contribution in [-0.2, 0) is 0 Å². The topological polar surface area (TPSA) is 13.0 Å². The van der Waals surface area contributed by atoms with E-state index in [-0.39, 0.29) is 7.43 Å². The molecule has 0 spiro atoms. The summed E-state index contributed by atoms with van der Waals surface area (Å²) in [4.78, 5) is 10.2. The van der Waals surface area contributed by atoms with Gasteiger partial charge in [-0.05, 0) is 75.2 Å². The molecule has 0 radical (unpaired) electrons. The average molecular weight is 497 g/mol. The van der Waals surface area contributed by atoms with E-state index in [0.717, 1.165) is 0 Å². The monoisotopic (exact) mass is 497 g/mol. The van der Waals surface area contributed by atoms with E-state index in [0.29, 0.717) is 16.2 Å². The molecule has 35 heavy (non-hydrogen) atoms. The van der Waals surface area contributed by atoms with E-state index >= 15 is 0 Å². The van der Waals surface area contributed by atoms with Gasteiger partial charge in [0.15, 0.2) is 0 Å². The molecule has 0 unspecified atom stereocenters. The van der Waals surface area contributed by atoms with Gasteiger partial charge in [-0.25, -0.2) is 0 Å². The van der Waals surface area contributed by atoms with Crippen molar-refractivity contribution in [3.8, 4) is 0 Å². The summed E-state index contributed by atoms with van der Waals surface area (Å²) in [5.41, 5.74) is 1.42. The number of likely N-dealkylation sites (tertiary alicyclic amines) is 2. The van der Waals surface area contributed by atoms with Crippen LogP contribution in [0.15, 0.2) is 0 Å². The van der Waals surface area contributed by atoms with E-state index in [4.69, 9.17) is 0 Å². The second kappa shape index (κ2) is 16.6. The molecule has 3 rings (SSSR count). The van der Waals surface area contributed by atoms with Crippen LogP contribution in [-0.4, -0.2) is 98.6 Å². The van der Waals surface area contributed by atoms with Gasteiger partial charge in [0.1, 0.15) is 0 Å². The molecule has 0 atom stereocenters. The summed E-state index contributed by atoms with van der Waals surface area (Å²) >= 11 is 0. The van der Waals surface area contributed by atoms with Crippen molar-refractivity contribution in [3.05, 3.63) is 0 Å². The predicted octanol–water partition coefficient (Wildman–Crippen LogP) is 6.95. The maximum absolute atomic E-state index is 2.60. The molecule has 0 saturated carbocycles. The minimum atomic E-state index is 0. The highest BCUT2D eigenvalue weighted by molar-refractivity contribution is 4.75. The fourth-order valence-corrected chi connectivity index (χ4v) is 5.25. The first-order chi connectivity index (χ1) is 15.6. The van der Waals surface area contributed by atoms with E-state index in [1.807, 2.05) is 0 Å². The Labute approximate surface area is 223 Å². The molecule has 3 saturated heterocycles. The van der Waals surface area contributed by atoms with Crippen LogP contribution in [0.5, 0.6) is 0 Å². The van der Waals surface area contributed by atoms with Gasteiger partial charge in [0.25, 0.3) is 0 Å². The molecule has 0 aromatic heterocycles. The third-order valence-electron chi connectivity index (χ3n) is 6.59. The molecule has 0 aliphatic carbocycles. The Morgan fingerprint density at radius 1 is 0.400 bits per heavy atom. The summed E-state index contributed by atoms with van der Waals surface area (Å²) in [5, 5.41) is 0. The summed E-state index contributed by atoms with van der Waals surface area (Å²) < 4.78 is 0. The predicted molar refractivity (Wildman–Crippen MR) is 160 cm³/mol. The largest absolute Gasteiger partial charge is 0.304 e. The second-order valence-electron chi connectivity index (χ2n) is 14.9. The van der Waals surface area contributed by atoms with Crippen LogP contribution in [0.2, 0.25) is 0 Å². The Morgan fingerprint density at radius 3 is 0.914 bits per heavy atom. The highest BCUT2D eigenvalue weighted by atomic mass is 15.2. The van der Waals surface area contributed by atoms with E-state index in [2.05, 4.69) is 89.0 Å². The number of piperidine rings is 2. The number of likely N-dealkylation sites (N-methyl/N-ethyl adjacent to an activating group) is 1. The molecular formula is C31H68N4. The molecule has 0 aromatic rings. The Bertz CT molecular complexity index is 462. The molecule has 3 heterocycles. The highest BCUT2D eigenvalue weighted by Crippen LogP contribution is 2.19. The van der Waals surface area contributed by atoms with Gasteiger partial charge in [-0.1, -0.05) is 82.6 Å². The molecule has 3 aliphatic rings. The van der Waals surface area contributed by atoms with Crippen molar-refractivity contribution in [2.24, 2.45) is 16.2 Å². The quantitative estimate of drug-likeness (QED) is 0.419. The first-order valence-corrected chi connectivity index (χ1v) is 14.5. The number of nitrogens with zero attached hydrogens (tertiary/aromatic N) is 4. The van der Waals surface area contributed by atoms with E-state index in [1.54, 1.807) is 0 Å². The first-order valence-electron chi connectivity index (χ1n) is 14.5. The number of piperazine rings is 1. The average Bonchev–Trinajstić information content (AvgIpc) is 2.69. The summed E-state index contributed by atoms with van der Waals surface area (Å²) in [6.07, 6.45) is 8.54. The molecule has 0 aromatic carbocycles. The smallest absolute Gasteiger partial charge is 0.0110 e. The Balaban J connectivity index is 0.000000489. The third-order valence-corrected chi connectivity index (χ3v) is 6.59. The molecule has 212 valence electrons. The van der Waals surface area contributed by atoms with Crippen LogP contribution in [0.25, 0.3) is 0 Å². The van der Waals surface area contributed by atoms with Gasteiger partial charge in [0.05, 0.1) is 0 Å². The fourth-order valence-electron chi connectivity index (χ4n) is 5.25. The molecule has 3 fully saturated rings. The molecule has 0 amide bonds. The first kappa shape index (κ1) is 34.8. The summed E-state index contributed by atoms with van der Waals surface area (Å²) in [5.74, 6) is 0. The van der Waals surface area contributed by atoms with E-state index in [9.17, 15) is 0 Å². The van der Waals surface area contributed by atoms with Gasteiger partial charge in [0, 0.05) is 45.8 Å². The Morgan fingerprint density at radius 2 is 0.657 bits per heavy atom. The standard InChI is InChI=1S/C10H22N2.2C10H21N.CH4/c1-10(2,3)9-12-7-5-11(4)6-8-12;2*1-10(2,3)9-11-7-5-4-6-8-11;/h5-9H2,1-4H3;2*4-9H2,1-3H3;1H4. The van der Waals surface area contributed by atoms with E-state index < -0.39 is 0 Å². The SMILES string of the molecule is C.CC(C)(C)CN1CCCCC1.CC(C)(C)CN1CCCCC1.CN1CCN(CC(C)(C)C)CC1. The van der Waals surface area contributed by atoms with Crippen molar-refractivity contribution in [2.75, 3.05) is 79.0 Å². The minimum absolute atomic E-state index is 0. The van der Waals surface area contributed by atoms with Gasteiger partial charge < -0.3 is 19.6 Å². The van der Waals surface area contributed by atoms with Crippen molar-refractivity contribution < 1.29 is 0 Å². The number of hydrogen-bond acceptors (Lipinski definition) is 4. The highest BCUT2D eigenvalue weighted by Gasteiger charge is 2.20. The number of hydrogen-bond donors (Lipinski definition) is 0. The molecule has 3 aliphatic heterocycles. The van der Waals surface area contributed by atoms with Crippen molar-refractivity contribution in [3.63, 3.8) is 0 Å². The third kappa shape index (κ3) is 20.6. The fraction of sp³-hybridized carbons (Fsp3) is 1.00. The lowest BCUT2D eigenvalue weighted by atomic mass is 9.95. The summed E-state index contributed by atoms with van der Waals surface area (Å²) in [7, 11) is 2.20. The van der Waals surface area contributed by atoms with Crippen LogP contribution in [0.4, 0.5) is 0 Å². The van der Waals surface area contributed by atoms with Gasteiger partial charge in [0.2, 0.25) is 0 Å². The maximum Gasteiger partial charge on any atom is 0.0110 e. The van der Waals surface area contributed by atoms with Crippen molar-refractivity contribution >= 4 is 0 Å². The normalized spacial score (nSPS) is 21.8. The van der Waals surface area contributed by atoms with Crippen LogP contribution >= 0.6 is 0 Å². The van der Waals surface area contributed by atoms with Crippen LogP contribution in [0.1, 0.15) is 108 Å². The lowest BCUT2D eigenvalue weighted by Gasteiger charge is -2.36. The van der Waals surface area contributed by atoms with Crippen LogP contribution < -0.4 is 0 Å². The van der Waals surface area contributed by atoms with E-state index in [1.165, 1.54) is 111 Å². The summed E-state index contributed by atoms with van der Waals surface area (Å²) in [6, 6.07) is 0. The lowest BCUT2D eigenvalue weighted by molar-refractivity contribution is 0.117. The van der Waals surface area contributed by atoms with Crippen LogP contribution in [0.3, 0.4) is 0 Å². The second-order valence-corrected chi connectivity index (χ2v) is 14.9. The summed E-state index contributed by atoms with van der Waals surface area (Å²) in [6.45, 7) is 34.9. The Kier molecular flexibility index (Phi) is 16.6. The lowest BCUT2D eigenvalue weighted by Crippen LogP contribution is -2.47. The van der Waals surface area contributed by atoms with Gasteiger partial charge in [-0.15, -0.1) is 0 Å². The van der Waals surface area contributed by atoms with Crippen molar-refractivity contribution in [1.29, 1.82) is 0 Å². The molecule has 0 bridgehead atoms. The number of rotatable bonds is 3. The zero-order valence-electron chi connectivity index (χ0n) is 25.3. The zero-order chi connectivity index (χ0) is 25.8. The molecule has 0 N–H and O–H groups in total. The molecular weight excluding hydrogens is 428 g/mol. The van der Waals surface area contributed by atoms with Crippen LogP contribution in [0, 0.1) is 16.2 Å². The van der Waals surface area contributed by atoms with Crippen molar-refractivity contribution in [1.82, 2.24) is 19.6 Å². The minimum Gasteiger partial charge on any atom is -0.304 e. The Hall–Kier alpha value is -0.160. The van der Waals surface area contributed by atoms with Gasteiger partial charge in [-0.3, -0.25) is 0 Å². The van der Waals surface area contributed by atoms with Crippen molar-refractivity contribution in [2.45, 2.75) is 108 Å². The zero-order valence-corrected chi connectivity index (χ0v) is 25.3. The maximum atomic E-state index is 2.60.